The fourth-order valence-corrected chi connectivity index (χ4v) is 3.91. The third-order valence-corrected chi connectivity index (χ3v) is 5.24. The Hall–Kier alpha value is -1.75. The zero-order valence-electron chi connectivity index (χ0n) is 15.8. The molecule has 138 valence electrons. The lowest BCUT2D eigenvalue weighted by atomic mass is 9.91. The second kappa shape index (κ2) is 7.65. The zero-order chi connectivity index (χ0) is 18.0. The highest BCUT2D eigenvalue weighted by Crippen LogP contribution is 2.31. The smallest absolute Gasteiger partial charge is 0.239 e. The number of ether oxygens (including phenoxy) is 2. The third-order valence-electron chi connectivity index (χ3n) is 5.24. The standard InChI is InChI=1S/C20H30N2O3/c1-14-9-15(2)12-22(11-14)20(23)16(3)21(4)13-17-5-6-18-19(10-17)25-8-7-24-18/h5-6,10,14-16H,7-9,11-13H2,1-4H3. The molecule has 1 saturated heterocycles. The van der Waals surface area contributed by atoms with E-state index in [-0.39, 0.29) is 11.9 Å². The molecular weight excluding hydrogens is 316 g/mol. The summed E-state index contributed by atoms with van der Waals surface area (Å²) in [5.74, 6) is 3.01. The Morgan fingerprint density at radius 1 is 1.20 bits per heavy atom. The van der Waals surface area contributed by atoms with Gasteiger partial charge in [-0.1, -0.05) is 19.9 Å². The van der Waals surface area contributed by atoms with Crippen molar-refractivity contribution in [1.29, 1.82) is 0 Å². The molecule has 3 atom stereocenters. The number of likely N-dealkylation sites (tertiary alicyclic amines) is 1. The highest BCUT2D eigenvalue weighted by molar-refractivity contribution is 5.81. The minimum absolute atomic E-state index is 0.134. The van der Waals surface area contributed by atoms with Gasteiger partial charge in [-0.2, -0.15) is 0 Å². The first-order valence-corrected chi connectivity index (χ1v) is 9.31. The van der Waals surface area contributed by atoms with Crippen LogP contribution in [-0.4, -0.2) is 55.1 Å². The molecule has 0 N–H and O–H groups in total. The van der Waals surface area contributed by atoms with Gasteiger partial charge in [0.15, 0.2) is 11.5 Å². The molecule has 1 aromatic carbocycles. The van der Waals surface area contributed by atoms with Crippen molar-refractivity contribution in [3.05, 3.63) is 23.8 Å². The number of benzene rings is 1. The molecule has 2 aliphatic heterocycles. The summed E-state index contributed by atoms with van der Waals surface area (Å²) in [6.45, 7) is 10.1. The number of carbonyl (C=O) groups is 1. The molecule has 1 fully saturated rings. The molecule has 0 aliphatic carbocycles. The molecule has 3 unspecified atom stereocenters. The predicted octanol–water partition coefficient (Wildman–Crippen LogP) is 2.78. The Morgan fingerprint density at radius 2 is 1.84 bits per heavy atom. The van der Waals surface area contributed by atoms with Crippen LogP contribution in [0.3, 0.4) is 0 Å². The molecule has 0 bridgehead atoms. The topological polar surface area (TPSA) is 42.0 Å². The first kappa shape index (κ1) is 18.1. The average Bonchev–Trinajstić information content (AvgIpc) is 2.59. The van der Waals surface area contributed by atoms with Crippen molar-refractivity contribution in [3.8, 4) is 11.5 Å². The number of likely N-dealkylation sites (N-methyl/N-ethyl adjacent to an activating group) is 1. The molecule has 5 heteroatoms. The second-order valence-electron chi connectivity index (χ2n) is 7.76. The van der Waals surface area contributed by atoms with E-state index in [1.807, 2.05) is 37.1 Å². The summed E-state index contributed by atoms with van der Waals surface area (Å²) in [5.41, 5.74) is 1.13. The minimum atomic E-state index is -0.134. The van der Waals surface area contributed by atoms with Crippen molar-refractivity contribution in [3.63, 3.8) is 0 Å². The lowest BCUT2D eigenvalue weighted by Gasteiger charge is -2.38. The molecule has 1 aromatic rings. The summed E-state index contributed by atoms with van der Waals surface area (Å²) >= 11 is 0. The number of rotatable bonds is 4. The van der Waals surface area contributed by atoms with Crippen molar-refractivity contribution in [2.45, 2.75) is 39.8 Å². The van der Waals surface area contributed by atoms with Gasteiger partial charge in [-0.05, 0) is 49.9 Å². The zero-order valence-corrected chi connectivity index (χ0v) is 15.8. The van der Waals surface area contributed by atoms with Crippen LogP contribution < -0.4 is 9.47 Å². The van der Waals surface area contributed by atoms with Crippen LogP contribution in [0.2, 0.25) is 0 Å². The van der Waals surface area contributed by atoms with Gasteiger partial charge in [0.25, 0.3) is 0 Å². The Kier molecular flexibility index (Phi) is 5.52. The van der Waals surface area contributed by atoms with Crippen LogP contribution in [0.15, 0.2) is 18.2 Å². The van der Waals surface area contributed by atoms with Crippen LogP contribution in [0, 0.1) is 11.8 Å². The maximum absolute atomic E-state index is 12.9. The van der Waals surface area contributed by atoms with Gasteiger partial charge in [0.1, 0.15) is 13.2 Å². The van der Waals surface area contributed by atoms with E-state index in [1.54, 1.807) is 0 Å². The number of hydrogen-bond acceptors (Lipinski definition) is 4. The van der Waals surface area contributed by atoms with Crippen molar-refractivity contribution in [1.82, 2.24) is 9.80 Å². The van der Waals surface area contributed by atoms with Crippen molar-refractivity contribution < 1.29 is 14.3 Å². The van der Waals surface area contributed by atoms with E-state index in [2.05, 4.69) is 18.7 Å². The SMILES string of the molecule is CC1CC(C)CN(C(=O)C(C)N(C)Cc2ccc3c(c2)OCCO3)C1. The predicted molar refractivity (Wildman–Crippen MR) is 97.9 cm³/mol. The molecule has 2 heterocycles. The van der Waals surface area contributed by atoms with Crippen LogP contribution >= 0.6 is 0 Å². The van der Waals surface area contributed by atoms with Crippen molar-refractivity contribution in [2.24, 2.45) is 11.8 Å². The monoisotopic (exact) mass is 346 g/mol. The van der Waals surface area contributed by atoms with Crippen LogP contribution in [0.4, 0.5) is 0 Å². The summed E-state index contributed by atoms with van der Waals surface area (Å²) in [5, 5.41) is 0. The number of carbonyl (C=O) groups excluding carboxylic acids is 1. The molecule has 0 saturated carbocycles. The van der Waals surface area contributed by atoms with E-state index in [0.717, 1.165) is 30.2 Å². The van der Waals surface area contributed by atoms with Gasteiger partial charge in [-0.15, -0.1) is 0 Å². The summed E-state index contributed by atoms with van der Waals surface area (Å²) in [4.78, 5) is 17.0. The number of nitrogens with zero attached hydrogens (tertiary/aromatic N) is 2. The summed E-state index contributed by atoms with van der Waals surface area (Å²) < 4.78 is 11.2. The van der Waals surface area contributed by atoms with Crippen molar-refractivity contribution >= 4 is 5.91 Å². The number of hydrogen-bond donors (Lipinski definition) is 0. The fourth-order valence-electron chi connectivity index (χ4n) is 3.91. The molecule has 5 nitrogen and oxygen atoms in total. The summed E-state index contributed by atoms with van der Waals surface area (Å²) in [6.07, 6.45) is 1.21. The number of amides is 1. The van der Waals surface area contributed by atoms with Gasteiger partial charge in [0, 0.05) is 19.6 Å². The van der Waals surface area contributed by atoms with Gasteiger partial charge in [0.2, 0.25) is 5.91 Å². The van der Waals surface area contributed by atoms with Gasteiger partial charge < -0.3 is 14.4 Å². The Bertz CT molecular complexity index is 609. The maximum atomic E-state index is 12.9. The quantitative estimate of drug-likeness (QED) is 0.841. The average molecular weight is 346 g/mol. The van der Waals surface area contributed by atoms with Gasteiger partial charge >= 0.3 is 0 Å². The second-order valence-corrected chi connectivity index (χ2v) is 7.76. The molecule has 0 aromatic heterocycles. The number of fused-ring (bicyclic) bond motifs is 1. The summed E-state index contributed by atoms with van der Waals surface area (Å²) in [7, 11) is 2.01. The molecular formula is C20H30N2O3. The fraction of sp³-hybridized carbons (Fsp3) is 0.650. The van der Waals surface area contributed by atoms with Crippen LogP contribution in [0.1, 0.15) is 32.8 Å². The van der Waals surface area contributed by atoms with Crippen LogP contribution in [0.5, 0.6) is 11.5 Å². The summed E-state index contributed by atoms with van der Waals surface area (Å²) in [6, 6.07) is 5.89. The Labute approximate surface area is 150 Å². The molecule has 25 heavy (non-hydrogen) atoms. The van der Waals surface area contributed by atoms with E-state index in [0.29, 0.717) is 31.6 Å². The third kappa shape index (κ3) is 4.27. The van der Waals surface area contributed by atoms with Crippen molar-refractivity contribution in [2.75, 3.05) is 33.4 Å². The minimum Gasteiger partial charge on any atom is -0.486 e. The Balaban J connectivity index is 1.62. The van der Waals surface area contributed by atoms with E-state index in [9.17, 15) is 4.79 Å². The lowest BCUT2D eigenvalue weighted by molar-refractivity contribution is -0.138. The molecule has 0 spiro atoms. The molecule has 3 rings (SSSR count). The first-order valence-electron chi connectivity index (χ1n) is 9.31. The largest absolute Gasteiger partial charge is 0.486 e. The lowest BCUT2D eigenvalue weighted by Crippen LogP contribution is -2.50. The normalized spacial score (nSPS) is 24.3. The molecule has 1 amide bonds. The van der Waals surface area contributed by atoms with Crippen LogP contribution in [0.25, 0.3) is 0 Å². The van der Waals surface area contributed by atoms with E-state index >= 15 is 0 Å². The van der Waals surface area contributed by atoms with Gasteiger partial charge in [0.05, 0.1) is 6.04 Å². The molecule has 0 radical (unpaired) electrons. The van der Waals surface area contributed by atoms with E-state index in [1.165, 1.54) is 6.42 Å². The van der Waals surface area contributed by atoms with E-state index in [4.69, 9.17) is 9.47 Å². The number of piperidine rings is 1. The highest BCUT2D eigenvalue weighted by atomic mass is 16.6. The maximum Gasteiger partial charge on any atom is 0.239 e. The van der Waals surface area contributed by atoms with Crippen LogP contribution in [-0.2, 0) is 11.3 Å². The Morgan fingerprint density at radius 3 is 2.52 bits per heavy atom. The molecule has 2 aliphatic rings. The first-order chi connectivity index (χ1) is 11.9. The van der Waals surface area contributed by atoms with Gasteiger partial charge in [-0.25, -0.2) is 0 Å². The van der Waals surface area contributed by atoms with E-state index < -0.39 is 0 Å². The van der Waals surface area contributed by atoms with Gasteiger partial charge in [-0.3, -0.25) is 9.69 Å². The highest BCUT2D eigenvalue weighted by Gasteiger charge is 2.30.